The molecule has 1 saturated heterocycles. The van der Waals surface area contributed by atoms with Gasteiger partial charge in [-0.3, -0.25) is 0 Å². The molecule has 0 spiro atoms. The van der Waals surface area contributed by atoms with E-state index >= 15 is 0 Å². The predicted molar refractivity (Wildman–Crippen MR) is 79.9 cm³/mol. The van der Waals surface area contributed by atoms with Crippen LogP contribution in [0.25, 0.3) is 0 Å². The van der Waals surface area contributed by atoms with E-state index in [0.29, 0.717) is 17.8 Å². The van der Waals surface area contributed by atoms with Crippen molar-refractivity contribution < 1.29 is 0 Å². The Balaban J connectivity index is 1.92. The van der Waals surface area contributed by atoms with Crippen LogP contribution in [0.4, 0.5) is 0 Å². The fourth-order valence-corrected chi connectivity index (χ4v) is 3.21. The van der Waals surface area contributed by atoms with E-state index in [9.17, 15) is 0 Å². The number of aliphatic imine (C=N–C) groups is 1. The van der Waals surface area contributed by atoms with E-state index in [-0.39, 0.29) is 0 Å². The van der Waals surface area contributed by atoms with Crippen LogP contribution >= 0.6 is 11.8 Å². The molecule has 0 bridgehead atoms. The molecule has 4 heteroatoms. The largest absolute Gasteiger partial charge is 0.370 e. The normalized spacial score (nSPS) is 21.1. The number of nitrogens with zero attached hydrogens (tertiary/aromatic N) is 2. The van der Waals surface area contributed by atoms with Gasteiger partial charge in [-0.05, 0) is 12.0 Å². The number of benzene rings is 1. The van der Waals surface area contributed by atoms with E-state index in [1.807, 2.05) is 30.0 Å². The zero-order chi connectivity index (χ0) is 12.8. The van der Waals surface area contributed by atoms with Crippen LogP contribution in [-0.2, 0) is 6.54 Å². The second kappa shape index (κ2) is 6.69. The van der Waals surface area contributed by atoms with E-state index in [2.05, 4.69) is 28.9 Å². The summed E-state index contributed by atoms with van der Waals surface area (Å²) in [7, 11) is 0. The molecular formula is C14H21N3S. The highest BCUT2D eigenvalue weighted by Crippen LogP contribution is 2.20. The molecule has 2 rings (SSSR count). The van der Waals surface area contributed by atoms with Crippen molar-refractivity contribution in [1.29, 1.82) is 0 Å². The maximum absolute atomic E-state index is 6.08. The molecule has 2 N–H and O–H groups in total. The highest BCUT2D eigenvalue weighted by Gasteiger charge is 2.19. The summed E-state index contributed by atoms with van der Waals surface area (Å²) < 4.78 is 0. The second-order valence-corrected chi connectivity index (χ2v) is 5.92. The maximum atomic E-state index is 6.08. The molecule has 0 aromatic heterocycles. The number of nitrogens with two attached hydrogens (primary N) is 1. The molecule has 0 radical (unpaired) electrons. The number of hydrogen-bond acceptors (Lipinski definition) is 2. The molecular weight excluding hydrogens is 242 g/mol. The molecule has 1 unspecified atom stereocenters. The molecule has 1 atom stereocenters. The number of thioether (sulfide) groups is 1. The zero-order valence-corrected chi connectivity index (χ0v) is 11.7. The van der Waals surface area contributed by atoms with Crippen molar-refractivity contribution in [3.05, 3.63) is 35.9 Å². The molecule has 1 aromatic carbocycles. The molecule has 0 saturated carbocycles. The lowest BCUT2D eigenvalue weighted by atomic mass is 10.2. The summed E-state index contributed by atoms with van der Waals surface area (Å²) in [4.78, 5) is 6.71. The molecule has 1 aromatic rings. The van der Waals surface area contributed by atoms with Crippen LogP contribution in [0.5, 0.6) is 0 Å². The first-order valence-electron chi connectivity index (χ1n) is 6.50. The van der Waals surface area contributed by atoms with Crippen molar-refractivity contribution in [2.45, 2.75) is 25.1 Å². The Hall–Kier alpha value is -1.16. The van der Waals surface area contributed by atoms with Crippen molar-refractivity contribution in [3.63, 3.8) is 0 Å². The van der Waals surface area contributed by atoms with Gasteiger partial charge in [0.15, 0.2) is 5.96 Å². The molecule has 0 aliphatic carbocycles. The molecule has 3 nitrogen and oxygen atoms in total. The van der Waals surface area contributed by atoms with Gasteiger partial charge in [0.05, 0.1) is 6.54 Å². The lowest BCUT2D eigenvalue weighted by Crippen LogP contribution is -2.45. The van der Waals surface area contributed by atoms with Crippen LogP contribution in [0.15, 0.2) is 35.3 Å². The summed E-state index contributed by atoms with van der Waals surface area (Å²) in [5.41, 5.74) is 7.29. The first-order chi connectivity index (χ1) is 8.79. The Morgan fingerprint density at radius 3 is 2.94 bits per heavy atom. The van der Waals surface area contributed by atoms with Gasteiger partial charge in [0.25, 0.3) is 0 Å². The summed E-state index contributed by atoms with van der Waals surface area (Å²) in [6.07, 6.45) is 1.20. The van der Waals surface area contributed by atoms with Gasteiger partial charge in [0, 0.05) is 24.1 Å². The smallest absolute Gasteiger partial charge is 0.191 e. The van der Waals surface area contributed by atoms with E-state index < -0.39 is 0 Å². The quantitative estimate of drug-likeness (QED) is 0.672. The molecule has 1 fully saturated rings. The van der Waals surface area contributed by atoms with Gasteiger partial charge in [0.2, 0.25) is 0 Å². The average Bonchev–Trinajstić information content (AvgIpc) is 2.46. The minimum atomic E-state index is 0.674. The molecule has 1 aliphatic rings. The van der Waals surface area contributed by atoms with Gasteiger partial charge in [-0.1, -0.05) is 37.3 Å². The van der Waals surface area contributed by atoms with Crippen LogP contribution < -0.4 is 5.73 Å². The van der Waals surface area contributed by atoms with E-state index in [4.69, 9.17) is 5.73 Å². The van der Waals surface area contributed by atoms with Gasteiger partial charge >= 0.3 is 0 Å². The number of hydrogen-bond donors (Lipinski definition) is 1. The van der Waals surface area contributed by atoms with Crippen molar-refractivity contribution in [3.8, 4) is 0 Å². The lowest BCUT2D eigenvalue weighted by molar-refractivity contribution is 0.418. The van der Waals surface area contributed by atoms with Crippen molar-refractivity contribution in [2.24, 2.45) is 10.7 Å². The minimum Gasteiger partial charge on any atom is -0.370 e. The molecule has 98 valence electrons. The van der Waals surface area contributed by atoms with Gasteiger partial charge in [-0.15, -0.1) is 0 Å². The van der Waals surface area contributed by atoms with Gasteiger partial charge < -0.3 is 10.6 Å². The van der Waals surface area contributed by atoms with Crippen LogP contribution in [0, 0.1) is 0 Å². The molecule has 1 heterocycles. The first kappa shape index (κ1) is 13.3. The average molecular weight is 263 g/mol. The summed E-state index contributed by atoms with van der Waals surface area (Å²) >= 11 is 2.05. The Labute approximate surface area is 113 Å². The van der Waals surface area contributed by atoms with E-state index in [1.165, 1.54) is 12.0 Å². The standard InChI is InChI=1S/C14H21N3S/c1-2-13-11-17(8-9-18-13)14(15)16-10-12-6-4-3-5-7-12/h3-7,13H,2,8-11H2,1H3,(H2,15,16). The molecule has 1 aliphatic heterocycles. The van der Waals surface area contributed by atoms with Gasteiger partial charge in [0.1, 0.15) is 0 Å². The monoisotopic (exact) mass is 263 g/mol. The van der Waals surface area contributed by atoms with Crippen LogP contribution in [0.1, 0.15) is 18.9 Å². The third-order valence-electron chi connectivity index (χ3n) is 3.18. The third-order valence-corrected chi connectivity index (χ3v) is 4.56. The van der Waals surface area contributed by atoms with Crippen LogP contribution in [-0.4, -0.2) is 35.0 Å². The fourth-order valence-electron chi connectivity index (χ4n) is 2.03. The molecule has 18 heavy (non-hydrogen) atoms. The lowest BCUT2D eigenvalue weighted by Gasteiger charge is -2.32. The van der Waals surface area contributed by atoms with E-state index in [0.717, 1.165) is 18.8 Å². The van der Waals surface area contributed by atoms with Crippen molar-refractivity contribution in [1.82, 2.24) is 4.90 Å². The predicted octanol–water partition coefficient (Wildman–Crippen LogP) is 2.33. The third kappa shape index (κ3) is 3.67. The summed E-state index contributed by atoms with van der Waals surface area (Å²) in [6.45, 7) is 4.96. The topological polar surface area (TPSA) is 41.6 Å². The highest BCUT2D eigenvalue weighted by molar-refractivity contribution is 8.00. The van der Waals surface area contributed by atoms with Crippen molar-refractivity contribution in [2.75, 3.05) is 18.8 Å². The van der Waals surface area contributed by atoms with Crippen molar-refractivity contribution >= 4 is 17.7 Å². The number of rotatable bonds is 3. The first-order valence-corrected chi connectivity index (χ1v) is 7.55. The second-order valence-electron chi connectivity index (χ2n) is 4.51. The van der Waals surface area contributed by atoms with Crippen LogP contribution in [0.3, 0.4) is 0 Å². The summed E-state index contributed by atoms with van der Waals surface area (Å²) in [5.74, 6) is 1.85. The zero-order valence-electron chi connectivity index (χ0n) is 10.9. The van der Waals surface area contributed by atoms with Gasteiger partial charge in [-0.2, -0.15) is 11.8 Å². The van der Waals surface area contributed by atoms with Crippen LogP contribution in [0.2, 0.25) is 0 Å². The summed E-state index contributed by atoms with van der Waals surface area (Å²) in [6, 6.07) is 10.2. The summed E-state index contributed by atoms with van der Waals surface area (Å²) in [5, 5.41) is 0.698. The maximum Gasteiger partial charge on any atom is 0.191 e. The Morgan fingerprint density at radius 1 is 1.44 bits per heavy atom. The minimum absolute atomic E-state index is 0.674. The van der Waals surface area contributed by atoms with E-state index in [1.54, 1.807) is 0 Å². The molecule has 0 amide bonds. The Bertz CT molecular complexity index is 391. The number of guanidine groups is 1. The van der Waals surface area contributed by atoms with Gasteiger partial charge in [-0.25, -0.2) is 4.99 Å². The highest BCUT2D eigenvalue weighted by atomic mass is 32.2. The Kier molecular flexibility index (Phi) is 4.93. The fraction of sp³-hybridized carbons (Fsp3) is 0.500. The Morgan fingerprint density at radius 2 is 2.22 bits per heavy atom. The SMILES string of the molecule is CCC1CN(C(N)=NCc2ccccc2)CCS1.